The van der Waals surface area contributed by atoms with Gasteiger partial charge in [-0.2, -0.15) is 0 Å². The second-order valence-electron chi connectivity index (χ2n) is 6.94. The van der Waals surface area contributed by atoms with Gasteiger partial charge in [0.2, 0.25) is 0 Å². The van der Waals surface area contributed by atoms with Crippen molar-refractivity contribution in [2.75, 3.05) is 33.9 Å². The SMILES string of the molecule is COc1cccc(C(O)C2CCN(CCc3ccccc3)CC2)c1OC.Cl. The number of hydrogen-bond acceptors (Lipinski definition) is 4. The lowest BCUT2D eigenvalue weighted by Crippen LogP contribution is -2.36. The Morgan fingerprint density at radius 3 is 2.33 bits per heavy atom. The van der Waals surface area contributed by atoms with E-state index in [-0.39, 0.29) is 18.3 Å². The van der Waals surface area contributed by atoms with Crippen LogP contribution in [0.25, 0.3) is 0 Å². The fourth-order valence-electron chi connectivity index (χ4n) is 3.82. The Balaban J connectivity index is 0.00000261. The van der Waals surface area contributed by atoms with E-state index in [1.54, 1.807) is 14.2 Å². The minimum atomic E-state index is -0.517. The molecule has 1 unspecified atom stereocenters. The van der Waals surface area contributed by atoms with Crippen molar-refractivity contribution in [1.82, 2.24) is 4.90 Å². The number of benzene rings is 2. The lowest BCUT2D eigenvalue weighted by atomic mass is 9.87. The molecule has 0 amide bonds. The van der Waals surface area contributed by atoms with Crippen LogP contribution in [0.4, 0.5) is 0 Å². The van der Waals surface area contributed by atoms with Crippen LogP contribution in [-0.2, 0) is 6.42 Å². The number of methoxy groups -OCH3 is 2. The first-order valence-electron chi connectivity index (χ1n) is 9.38. The number of aliphatic hydroxyl groups excluding tert-OH is 1. The number of nitrogens with zero attached hydrogens (tertiary/aromatic N) is 1. The molecule has 0 spiro atoms. The molecule has 0 bridgehead atoms. The molecular formula is C22H30ClNO3. The molecule has 2 aromatic rings. The van der Waals surface area contributed by atoms with E-state index in [1.807, 2.05) is 18.2 Å². The summed E-state index contributed by atoms with van der Waals surface area (Å²) in [4.78, 5) is 2.50. The maximum Gasteiger partial charge on any atom is 0.166 e. The molecule has 2 aromatic carbocycles. The van der Waals surface area contributed by atoms with Gasteiger partial charge in [-0.3, -0.25) is 0 Å². The van der Waals surface area contributed by atoms with Gasteiger partial charge in [-0.25, -0.2) is 0 Å². The average Bonchev–Trinajstić information content (AvgIpc) is 2.72. The molecule has 1 saturated heterocycles. The monoisotopic (exact) mass is 391 g/mol. The normalized spacial score (nSPS) is 16.4. The third kappa shape index (κ3) is 5.38. The minimum Gasteiger partial charge on any atom is -0.493 e. The van der Waals surface area contributed by atoms with Crippen LogP contribution < -0.4 is 9.47 Å². The van der Waals surface area contributed by atoms with Crippen LogP contribution in [0.2, 0.25) is 0 Å². The van der Waals surface area contributed by atoms with Gasteiger partial charge in [0.05, 0.1) is 20.3 Å². The first kappa shape index (κ1) is 21.5. The molecule has 1 heterocycles. The van der Waals surface area contributed by atoms with Crippen molar-refractivity contribution in [2.24, 2.45) is 5.92 Å². The molecule has 1 atom stereocenters. The van der Waals surface area contributed by atoms with Gasteiger partial charge in [0.25, 0.3) is 0 Å². The fraction of sp³-hybridized carbons (Fsp3) is 0.455. The van der Waals surface area contributed by atoms with E-state index >= 15 is 0 Å². The summed E-state index contributed by atoms with van der Waals surface area (Å²) in [5.74, 6) is 1.57. The van der Waals surface area contributed by atoms with E-state index in [9.17, 15) is 5.11 Å². The van der Waals surface area contributed by atoms with Crippen LogP contribution in [0, 0.1) is 5.92 Å². The summed E-state index contributed by atoms with van der Waals surface area (Å²) in [6.07, 6.45) is 2.56. The van der Waals surface area contributed by atoms with Crippen molar-refractivity contribution in [1.29, 1.82) is 0 Å². The maximum atomic E-state index is 10.9. The smallest absolute Gasteiger partial charge is 0.166 e. The number of aliphatic hydroxyl groups is 1. The van der Waals surface area contributed by atoms with Crippen molar-refractivity contribution >= 4 is 12.4 Å². The first-order valence-corrected chi connectivity index (χ1v) is 9.38. The number of rotatable bonds is 7. The molecule has 1 aliphatic heterocycles. The van der Waals surface area contributed by atoms with Crippen molar-refractivity contribution in [3.05, 3.63) is 59.7 Å². The van der Waals surface area contributed by atoms with E-state index in [0.29, 0.717) is 11.5 Å². The standard InChI is InChI=1S/C22H29NO3.ClH/c1-25-20-10-6-9-19(22(20)26-2)21(24)18-12-15-23(16-13-18)14-11-17-7-4-3-5-8-17;/h3-10,18,21,24H,11-16H2,1-2H3;1H. The Bertz CT molecular complexity index is 687. The highest BCUT2D eigenvalue weighted by molar-refractivity contribution is 5.85. The minimum absolute atomic E-state index is 0. The van der Waals surface area contributed by atoms with E-state index in [2.05, 4.69) is 35.2 Å². The molecular weight excluding hydrogens is 362 g/mol. The second-order valence-corrected chi connectivity index (χ2v) is 6.94. The molecule has 4 nitrogen and oxygen atoms in total. The Morgan fingerprint density at radius 1 is 1.00 bits per heavy atom. The summed E-state index contributed by atoms with van der Waals surface area (Å²) in [5, 5.41) is 10.9. The molecule has 0 radical (unpaired) electrons. The lowest BCUT2D eigenvalue weighted by Gasteiger charge is -2.34. The van der Waals surface area contributed by atoms with Crippen LogP contribution in [-0.4, -0.2) is 43.9 Å². The largest absolute Gasteiger partial charge is 0.493 e. The maximum absolute atomic E-state index is 10.9. The van der Waals surface area contributed by atoms with Gasteiger partial charge in [-0.1, -0.05) is 42.5 Å². The van der Waals surface area contributed by atoms with Gasteiger partial charge in [0, 0.05) is 12.1 Å². The average molecular weight is 392 g/mol. The third-order valence-corrected chi connectivity index (χ3v) is 5.39. The number of halogens is 1. The molecule has 3 rings (SSSR count). The molecule has 0 saturated carbocycles. The van der Waals surface area contributed by atoms with Crippen LogP contribution in [0.5, 0.6) is 11.5 Å². The highest BCUT2D eigenvalue weighted by atomic mass is 35.5. The Labute approximate surface area is 168 Å². The van der Waals surface area contributed by atoms with E-state index in [1.165, 1.54) is 5.56 Å². The predicted octanol–water partition coefficient (Wildman–Crippen LogP) is 4.11. The molecule has 1 fully saturated rings. The highest BCUT2D eigenvalue weighted by Crippen LogP contribution is 2.39. The molecule has 0 aliphatic carbocycles. The highest BCUT2D eigenvalue weighted by Gasteiger charge is 2.28. The summed E-state index contributed by atoms with van der Waals surface area (Å²) in [6.45, 7) is 3.14. The predicted molar refractivity (Wildman–Crippen MR) is 111 cm³/mol. The number of likely N-dealkylation sites (tertiary alicyclic amines) is 1. The molecule has 1 aliphatic rings. The van der Waals surface area contributed by atoms with Gasteiger partial charge in [-0.15, -0.1) is 12.4 Å². The van der Waals surface area contributed by atoms with Crippen molar-refractivity contribution in [2.45, 2.75) is 25.4 Å². The second kappa shape index (κ2) is 10.5. The van der Waals surface area contributed by atoms with Crippen LogP contribution >= 0.6 is 12.4 Å². The zero-order valence-electron chi connectivity index (χ0n) is 16.1. The van der Waals surface area contributed by atoms with Crippen molar-refractivity contribution in [3.8, 4) is 11.5 Å². The number of para-hydroxylation sites is 1. The zero-order chi connectivity index (χ0) is 18.4. The summed E-state index contributed by atoms with van der Waals surface area (Å²) in [5.41, 5.74) is 2.21. The Kier molecular flexibility index (Phi) is 8.42. The van der Waals surface area contributed by atoms with Crippen LogP contribution in [0.1, 0.15) is 30.1 Å². The molecule has 27 heavy (non-hydrogen) atoms. The lowest BCUT2D eigenvalue weighted by molar-refractivity contribution is 0.0573. The van der Waals surface area contributed by atoms with E-state index < -0.39 is 6.10 Å². The molecule has 148 valence electrons. The zero-order valence-corrected chi connectivity index (χ0v) is 17.0. The number of hydrogen-bond donors (Lipinski definition) is 1. The van der Waals surface area contributed by atoms with Crippen molar-refractivity contribution in [3.63, 3.8) is 0 Å². The first-order chi connectivity index (χ1) is 12.7. The fourth-order valence-corrected chi connectivity index (χ4v) is 3.82. The summed E-state index contributed by atoms with van der Waals surface area (Å²) in [6, 6.07) is 16.3. The van der Waals surface area contributed by atoms with Gasteiger partial charge in [-0.05, 0) is 49.9 Å². The summed E-state index contributed by atoms with van der Waals surface area (Å²) < 4.78 is 10.9. The number of ether oxygens (including phenoxy) is 2. The topological polar surface area (TPSA) is 41.9 Å². The third-order valence-electron chi connectivity index (χ3n) is 5.39. The number of piperidine rings is 1. The van der Waals surface area contributed by atoms with Gasteiger partial charge < -0.3 is 19.5 Å². The van der Waals surface area contributed by atoms with Crippen LogP contribution in [0.3, 0.4) is 0 Å². The summed E-state index contributed by atoms with van der Waals surface area (Å²) in [7, 11) is 3.25. The Morgan fingerprint density at radius 2 is 1.70 bits per heavy atom. The quantitative estimate of drug-likeness (QED) is 0.771. The van der Waals surface area contributed by atoms with Gasteiger partial charge in [0.15, 0.2) is 11.5 Å². The van der Waals surface area contributed by atoms with Crippen LogP contribution in [0.15, 0.2) is 48.5 Å². The van der Waals surface area contributed by atoms with E-state index in [4.69, 9.17) is 9.47 Å². The molecule has 0 aromatic heterocycles. The van der Waals surface area contributed by atoms with Gasteiger partial charge in [0.1, 0.15) is 0 Å². The molecule has 5 heteroatoms. The molecule has 1 N–H and O–H groups in total. The van der Waals surface area contributed by atoms with Crippen molar-refractivity contribution < 1.29 is 14.6 Å². The van der Waals surface area contributed by atoms with Gasteiger partial charge >= 0.3 is 0 Å². The summed E-state index contributed by atoms with van der Waals surface area (Å²) >= 11 is 0. The van der Waals surface area contributed by atoms with E-state index in [0.717, 1.165) is 44.5 Å². The Hall–Kier alpha value is -1.75.